The SMILES string of the molecule is CCN(C)c1cccnc1N1CCN(C(=O)c2cc3cc(NC(=O)N4CCNCC4)ccc3[nH]2)CC1. The molecule has 2 aromatic heterocycles. The molecule has 5 rings (SSSR count). The van der Waals surface area contributed by atoms with E-state index in [1.54, 1.807) is 4.90 Å². The molecule has 0 radical (unpaired) electrons. The van der Waals surface area contributed by atoms with Gasteiger partial charge in [-0.2, -0.15) is 0 Å². The minimum atomic E-state index is -0.0956. The van der Waals surface area contributed by atoms with Crippen LogP contribution in [0.1, 0.15) is 17.4 Å². The number of anilines is 3. The highest BCUT2D eigenvalue weighted by molar-refractivity contribution is 6.00. The van der Waals surface area contributed by atoms with E-state index < -0.39 is 0 Å². The van der Waals surface area contributed by atoms with Crippen LogP contribution in [0.5, 0.6) is 0 Å². The third-order valence-corrected chi connectivity index (χ3v) is 7.02. The maximum Gasteiger partial charge on any atom is 0.321 e. The highest BCUT2D eigenvalue weighted by Crippen LogP contribution is 2.27. The van der Waals surface area contributed by atoms with Crippen LogP contribution in [0.3, 0.4) is 0 Å². The van der Waals surface area contributed by atoms with Crippen molar-refractivity contribution in [3.63, 3.8) is 0 Å². The Morgan fingerprint density at radius 2 is 1.81 bits per heavy atom. The number of benzene rings is 1. The van der Waals surface area contributed by atoms with Gasteiger partial charge in [-0.05, 0) is 43.3 Å². The number of pyridine rings is 1. The minimum Gasteiger partial charge on any atom is -0.372 e. The minimum absolute atomic E-state index is 0.0100. The Kier molecular flexibility index (Phi) is 6.95. The molecule has 2 saturated heterocycles. The monoisotopic (exact) mass is 490 g/mol. The summed E-state index contributed by atoms with van der Waals surface area (Å²) in [4.78, 5) is 41.8. The number of fused-ring (bicyclic) bond motifs is 1. The zero-order valence-electron chi connectivity index (χ0n) is 21.0. The zero-order chi connectivity index (χ0) is 25.1. The molecule has 0 spiro atoms. The highest BCUT2D eigenvalue weighted by Gasteiger charge is 2.26. The molecule has 2 aliphatic heterocycles. The van der Waals surface area contributed by atoms with Crippen molar-refractivity contribution in [3.05, 3.63) is 48.3 Å². The number of aromatic amines is 1. The van der Waals surface area contributed by atoms with Gasteiger partial charge in [0, 0.05) is 88.7 Å². The van der Waals surface area contributed by atoms with E-state index in [1.807, 2.05) is 41.4 Å². The Morgan fingerprint density at radius 3 is 2.56 bits per heavy atom. The number of carbonyl (C=O) groups excluding carboxylic acids is 2. The number of hydrogen-bond donors (Lipinski definition) is 3. The van der Waals surface area contributed by atoms with Gasteiger partial charge in [0.05, 0.1) is 5.69 Å². The normalized spacial score (nSPS) is 16.3. The molecule has 3 aromatic rings. The molecule has 2 fully saturated rings. The predicted octanol–water partition coefficient (Wildman–Crippen LogP) is 2.42. The summed E-state index contributed by atoms with van der Waals surface area (Å²) in [6.07, 6.45) is 1.82. The van der Waals surface area contributed by atoms with Crippen LogP contribution in [-0.4, -0.2) is 97.7 Å². The summed E-state index contributed by atoms with van der Waals surface area (Å²) in [5.41, 5.74) is 3.27. The number of rotatable bonds is 5. The molecule has 0 unspecified atom stereocenters. The molecule has 3 N–H and O–H groups in total. The van der Waals surface area contributed by atoms with Crippen molar-refractivity contribution in [2.75, 3.05) is 81.1 Å². The van der Waals surface area contributed by atoms with E-state index in [9.17, 15) is 9.59 Å². The maximum atomic E-state index is 13.3. The van der Waals surface area contributed by atoms with Gasteiger partial charge >= 0.3 is 6.03 Å². The van der Waals surface area contributed by atoms with E-state index in [0.717, 1.165) is 60.8 Å². The Morgan fingerprint density at radius 1 is 1.03 bits per heavy atom. The molecule has 4 heterocycles. The summed E-state index contributed by atoms with van der Waals surface area (Å²) in [6, 6.07) is 11.5. The van der Waals surface area contributed by atoms with E-state index in [0.29, 0.717) is 31.9 Å². The summed E-state index contributed by atoms with van der Waals surface area (Å²) in [5, 5.41) is 7.13. The number of amides is 3. The highest BCUT2D eigenvalue weighted by atomic mass is 16.2. The Bertz CT molecular complexity index is 1230. The van der Waals surface area contributed by atoms with Crippen molar-refractivity contribution in [2.45, 2.75) is 6.92 Å². The van der Waals surface area contributed by atoms with E-state index in [1.165, 1.54) is 0 Å². The lowest BCUT2D eigenvalue weighted by molar-refractivity contribution is 0.0741. The number of nitrogens with one attached hydrogen (secondary N) is 3. The molecule has 0 aliphatic carbocycles. The fourth-order valence-corrected chi connectivity index (χ4v) is 4.79. The molecule has 1 aromatic carbocycles. The topological polar surface area (TPSA) is 99.8 Å². The molecule has 0 atom stereocenters. The number of H-pyrrole nitrogens is 1. The lowest BCUT2D eigenvalue weighted by atomic mass is 10.2. The number of nitrogens with zero attached hydrogens (tertiary/aromatic N) is 5. The van der Waals surface area contributed by atoms with Crippen LogP contribution in [0.25, 0.3) is 10.9 Å². The lowest BCUT2D eigenvalue weighted by Gasteiger charge is -2.36. The van der Waals surface area contributed by atoms with Crippen molar-refractivity contribution >= 4 is 40.0 Å². The Hall–Kier alpha value is -3.79. The quantitative estimate of drug-likeness (QED) is 0.508. The number of aromatic nitrogens is 2. The van der Waals surface area contributed by atoms with Gasteiger partial charge in [-0.25, -0.2) is 9.78 Å². The molecule has 2 aliphatic rings. The van der Waals surface area contributed by atoms with Crippen molar-refractivity contribution in [3.8, 4) is 0 Å². The summed E-state index contributed by atoms with van der Waals surface area (Å²) < 4.78 is 0. The molecule has 190 valence electrons. The third-order valence-electron chi connectivity index (χ3n) is 7.02. The summed E-state index contributed by atoms with van der Waals surface area (Å²) in [6.45, 7) is 8.76. The van der Waals surface area contributed by atoms with Gasteiger partial charge in [0.2, 0.25) is 0 Å². The van der Waals surface area contributed by atoms with Crippen LogP contribution in [0.2, 0.25) is 0 Å². The average Bonchev–Trinajstić information content (AvgIpc) is 3.36. The first kappa shape index (κ1) is 23.9. The molecular formula is C26H34N8O2. The fourth-order valence-electron chi connectivity index (χ4n) is 4.79. The first-order valence-corrected chi connectivity index (χ1v) is 12.6. The Balaban J connectivity index is 1.23. The molecule has 0 bridgehead atoms. The molecule has 3 amide bonds. The van der Waals surface area contributed by atoms with Crippen molar-refractivity contribution in [1.29, 1.82) is 0 Å². The fraction of sp³-hybridized carbons (Fsp3) is 0.423. The van der Waals surface area contributed by atoms with Crippen LogP contribution < -0.4 is 20.4 Å². The first-order chi connectivity index (χ1) is 17.5. The number of piperazine rings is 2. The number of urea groups is 1. The van der Waals surface area contributed by atoms with Crippen molar-refractivity contribution in [1.82, 2.24) is 25.1 Å². The van der Waals surface area contributed by atoms with Crippen LogP contribution >= 0.6 is 0 Å². The van der Waals surface area contributed by atoms with E-state index in [2.05, 4.69) is 50.4 Å². The Labute approximate surface area is 211 Å². The second-order valence-electron chi connectivity index (χ2n) is 9.29. The standard InChI is InChI=1S/C26H34N8O2/c1-3-31(2)23-5-4-8-28-24(23)32-13-15-33(16-14-32)25(35)22-18-19-17-20(6-7-21(19)30-22)29-26(36)34-11-9-27-10-12-34/h4-8,17-18,27,30H,3,9-16H2,1-2H3,(H,29,36). The van der Waals surface area contributed by atoms with Gasteiger partial charge in [-0.3, -0.25) is 4.79 Å². The summed E-state index contributed by atoms with van der Waals surface area (Å²) in [5.74, 6) is 0.958. The van der Waals surface area contributed by atoms with Crippen molar-refractivity contribution in [2.24, 2.45) is 0 Å². The summed E-state index contributed by atoms with van der Waals surface area (Å²) in [7, 11) is 2.07. The van der Waals surface area contributed by atoms with Crippen LogP contribution in [0, 0.1) is 0 Å². The zero-order valence-corrected chi connectivity index (χ0v) is 21.0. The van der Waals surface area contributed by atoms with Gasteiger partial charge in [-0.15, -0.1) is 0 Å². The number of carbonyl (C=O) groups is 2. The maximum absolute atomic E-state index is 13.3. The van der Waals surface area contributed by atoms with Crippen LogP contribution in [0.4, 0.5) is 22.0 Å². The molecule has 36 heavy (non-hydrogen) atoms. The second kappa shape index (κ2) is 10.4. The predicted molar refractivity (Wildman–Crippen MR) is 143 cm³/mol. The molecule has 0 saturated carbocycles. The lowest BCUT2D eigenvalue weighted by Crippen LogP contribution is -2.49. The van der Waals surface area contributed by atoms with E-state index in [4.69, 9.17) is 0 Å². The molecule has 10 nitrogen and oxygen atoms in total. The molecular weight excluding hydrogens is 456 g/mol. The van der Waals surface area contributed by atoms with E-state index in [-0.39, 0.29) is 11.9 Å². The smallest absolute Gasteiger partial charge is 0.321 e. The molecule has 10 heteroatoms. The van der Waals surface area contributed by atoms with E-state index >= 15 is 0 Å². The van der Waals surface area contributed by atoms with Gasteiger partial charge in [0.15, 0.2) is 5.82 Å². The number of hydrogen-bond acceptors (Lipinski definition) is 6. The summed E-state index contributed by atoms with van der Waals surface area (Å²) >= 11 is 0. The van der Waals surface area contributed by atoms with Gasteiger partial charge in [0.25, 0.3) is 5.91 Å². The van der Waals surface area contributed by atoms with Gasteiger partial charge in [-0.1, -0.05) is 0 Å². The largest absolute Gasteiger partial charge is 0.372 e. The second-order valence-corrected chi connectivity index (χ2v) is 9.29. The third kappa shape index (κ3) is 4.94. The van der Waals surface area contributed by atoms with Gasteiger partial charge < -0.3 is 35.2 Å². The average molecular weight is 491 g/mol. The van der Waals surface area contributed by atoms with Crippen LogP contribution in [-0.2, 0) is 0 Å². The van der Waals surface area contributed by atoms with Crippen LogP contribution in [0.15, 0.2) is 42.6 Å². The van der Waals surface area contributed by atoms with Crippen molar-refractivity contribution < 1.29 is 9.59 Å². The first-order valence-electron chi connectivity index (χ1n) is 12.6. The van der Waals surface area contributed by atoms with Gasteiger partial charge in [0.1, 0.15) is 5.69 Å².